The maximum Gasteiger partial charge on any atom is 0.235 e. The van der Waals surface area contributed by atoms with Crippen LogP contribution in [0.1, 0.15) is 34.5 Å². The summed E-state index contributed by atoms with van der Waals surface area (Å²) in [6.07, 6.45) is 5.84. The normalized spacial score (nSPS) is 13.6. The van der Waals surface area contributed by atoms with Crippen molar-refractivity contribution < 1.29 is 0 Å². The highest BCUT2D eigenvalue weighted by molar-refractivity contribution is 7.16. The molecule has 2 aromatic carbocycles. The van der Waals surface area contributed by atoms with E-state index in [9.17, 15) is 0 Å². The Labute approximate surface area is 177 Å². The van der Waals surface area contributed by atoms with Gasteiger partial charge in [0.05, 0.1) is 5.69 Å². The first-order valence-electron chi connectivity index (χ1n) is 10.3. The second kappa shape index (κ2) is 7.18. The number of benzene rings is 2. The number of aromatic amines is 1. The van der Waals surface area contributed by atoms with E-state index in [0.717, 1.165) is 33.3 Å². The fourth-order valence-electron chi connectivity index (χ4n) is 4.16. The lowest BCUT2D eigenvalue weighted by Crippen LogP contribution is -2.03. The number of aryl methyl sites for hydroxylation is 2. The van der Waals surface area contributed by atoms with Gasteiger partial charge in [-0.15, -0.1) is 10.2 Å². The predicted molar refractivity (Wildman–Crippen MR) is 118 cm³/mol. The Morgan fingerprint density at radius 3 is 2.70 bits per heavy atom. The summed E-state index contributed by atoms with van der Waals surface area (Å²) in [7, 11) is 0. The van der Waals surface area contributed by atoms with Gasteiger partial charge in [-0.25, -0.2) is 0 Å². The van der Waals surface area contributed by atoms with Gasteiger partial charge in [0.2, 0.25) is 10.8 Å². The van der Waals surface area contributed by atoms with E-state index in [2.05, 4.69) is 38.6 Å². The van der Waals surface area contributed by atoms with Gasteiger partial charge in [0.15, 0.2) is 0 Å². The van der Waals surface area contributed by atoms with Gasteiger partial charge in [-0.2, -0.15) is 14.7 Å². The highest BCUT2D eigenvalue weighted by atomic mass is 32.1. The van der Waals surface area contributed by atoms with E-state index in [1.807, 2.05) is 40.9 Å². The van der Waals surface area contributed by atoms with Crippen LogP contribution in [0.2, 0.25) is 0 Å². The predicted octanol–water partition coefficient (Wildman–Crippen LogP) is 4.71. The van der Waals surface area contributed by atoms with E-state index in [4.69, 9.17) is 5.10 Å². The van der Waals surface area contributed by atoms with E-state index in [1.165, 1.54) is 42.4 Å². The molecule has 1 aliphatic rings. The molecule has 0 bridgehead atoms. The highest BCUT2D eigenvalue weighted by Crippen LogP contribution is 2.27. The molecule has 0 spiro atoms. The first kappa shape index (κ1) is 17.5. The fourth-order valence-corrected chi connectivity index (χ4v) is 5.03. The largest absolute Gasteiger partial charge is 0.274 e. The molecule has 1 aliphatic carbocycles. The molecule has 3 aromatic heterocycles. The third-order valence-corrected chi connectivity index (χ3v) is 6.59. The van der Waals surface area contributed by atoms with Gasteiger partial charge in [-0.1, -0.05) is 59.9 Å². The molecule has 1 N–H and O–H groups in total. The third kappa shape index (κ3) is 3.11. The Bertz CT molecular complexity index is 1330. The molecule has 0 fully saturated rings. The molecule has 148 valence electrons. The van der Waals surface area contributed by atoms with Crippen LogP contribution in [0, 0.1) is 0 Å². The van der Waals surface area contributed by atoms with Crippen LogP contribution in [-0.2, 0) is 19.3 Å². The average molecular weight is 413 g/mol. The van der Waals surface area contributed by atoms with Crippen LogP contribution in [0.3, 0.4) is 0 Å². The molecule has 0 saturated heterocycles. The zero-order chi connectivity index (χ0) is 19.9. The van der Waals surface area contributed by atoms with E-state index >= 15 is 0 Å². The Morgan fingerprint density at radius 2 is 1.80 bits per heavy atom. The number of aromatic nitrogens is 6. The van der Waals surface area contributed by atoms with Crippen molar-refractivity contribution in [2.45, 2.75) is 32.1 Å². The van der Waals surface area contributed by atoms with Crippen molar-refractivity contribution in [3.63, 3.8) is 0 Å². The lowest BCUT2D eigenvalue weighted by Gasteiger charge is -2.16. The van der Waals surface area contributed by atoms with Crippen molar-refractivity contribution in [3.8, 4) is 22.8 Å². The van der Waals surface area contributed by atoms with Gasteiger partial charge in [-0.05, 0) is 48.4 Å². The maximum atomic E-state index is 4.80. The minimum Gasteiger partial charge on any atom is -0.274 e. The standard InChI is InChI=1S/C23H20N6S/c1-2-7-17(8-3-1)19-14-20(25-24-19)22-26-27-23-29(22)28-21(30-23)13-15-10-11-16-6-4-5-9-18(16)12-15/h1-3,7-8,10-12,14H,4-6,9,13H2,(H,24,25). The molecule has 0 aliphatic heterocycles. The van der Waals surface area contributed by atoms with Gasteiger partial charge >= 0.3 is 0 Å². The van der Waals surface area contributed by atoms with E-state index in [0.29, 0.717) is 5.82 Å². The van der Waals surface area contributed by atoms with Crippen LogP contribution in [0.25, 0.3) is 27.7 Å². The van der Waals surface area contributed by atoms with Crippen molar-refractivity contribution in [1.82, 2.24) is 30.0 Å². The molecule has 0 atom stereocenters. The average Bonchev–Trinajstić information content (AvgIpc) is 3.50. The summed E-state index contributed by atoms with van der Waals surface area (Å²) < 4.78 is 1.82. The summed E-state index contributed by atoms with van der Waals surface area (Å²) in [4.78, 5) is 0.800. The number of nitrogens with zero attached hydrogens (tertiary/aromatic N) is 5. The van der Waals surface area contributed by atoms with Gasteiger partial charge in [0.1, 0.15) is 10.7 Å². The minimum atomic E-state index is 0.688. The van der Waals surface area contributed by atoms with E-state index < -0.39 is 0 Å². The molecule has 7 heteroatoms. The molecule has 0 radical (unpaired) electrons. The number of rotatable bonds is 4. The molecule has 0 amide bonds. The molecular formula is C23H20N6S. The lowest BCUT2D eigenvalue weighted by molar-refractivity contribution is 0.684. The quantitative estimate of drug-likeness (QED) is 0.464. The molecule has 30 heavy (non-hydrogen) atoms. The van der Waals surface area contributed by atoms with Crippen molar-refractivity contribution >= 4 is 16.3 Å². The summed E-state index contributed by atoms with van der Waals surface area (Å²) in [5.74, 6) is 0.688. The number of H-pyrrole nitrogens is 1. The summed E-state index contributed by atoms with van der Waals surface area (Å²) in [6, 6.07) is 19.0. The smallest absolute Gasteiger partial charge is 0.235 e. The minimum absolute atomic E-state index is 0.688. The molecule has 6 rings (SSSR count). The van der Waals surface area contributed by atoms with Crippen LogP contribution < -0.4 is 0 Å². The van der Waals surface area contributed by atoms with Crippen molar-refractivity contribution in [2.75, 3.05) is 0 Å². The summed E-state index contributed by atoms with van der Waals surface area (Å²) in [5.41, 5.74) is 7.09. The number of fused-ring (bicyclic) bond motifs is 2. The zero-order valence-electron chi connectivity index (χ0n) is 16.4. The van der Waals surface area contributed by atoms with Gasteiger partial charge < -0.3 is 0 Å². The number of hydrogen-bond donors (Lipinski definition) is 1. The molecule has 5 aromatic rings. The summed E-state index contributed by atoms with van der Waals surface area (Å²) in [5, 5.41) is 22.0. The fraction of sp³-hybridized carbons (Fsp3) is 0.217. The molecule has 6 nitrogen and oxygen atoms in total. The first-order valence-corrected chi connectivity index (χ1v) is 11.1. The Morgan fingerprint density at radius 1 is 0.933 bits per heavy atom. The summed E-state index contributed by atoms with van der Waals surface area (Å²) >= 11 is 1.59. The van der Waals surface area contributed by atoms with Crippen molar-refractivity contribution in [3.05, 3.63) is 76.3 Å². The van der Waals surface area contributed by atoms with Crippen molar-refractivity contribution in [1.29, 1.82) is 0 Å². The zero-order valence-corrected chi connectivity index (χ0v) is 17.2. The van der Waals surface area contributed by atoms with E-state index in [1.54, 1.807) is 11.3 Å². The molecular weight excluding hydrogens is 392 g/mol. The van der Waals surface area contributed by atoms with E-state index in [-0.39, 0.29) is 0 Å². The second-order valence-electron chi connectivity index (χ2n) is 7.73. The van der Waals surface area contributed by atoms with Crippen LogP contribution in [0.5, 0.6) is 0 Å². The maximum absolute atomic E-state index is 4.80. The summed E-state index contributed by atoms with van der Waals surface area (Å²) in [6.45, 7) is 0. The van der Waals surface area contributed by atoms with Gasteiger partial charge in [-0.3, -0.25) is 5.10 Å². The van der Waals surface area contributed by atoms with Crippen LogP contribution >= 0.6 is 11.3 Å². The lowest BCUT2D eigenvalue weighted by atomic mass is 9.90. The van der Waals surface area contributed by atoms with Crippen LogP contribution in [0.15, 0.2) is 54.6 Å². The molecule has 0 unspecified atom stereocenters. The third-order valence-electron chi connectivity index (χ3n) is 5.69. The van der Waals surface area contributed by atoms with Crippen LogP contribution in [-0.4, -0.2) is 30.0 Å². The van der Waals surface area contributed by atoms with Crippen LogP contribution in [0.4, 0.5) is 0 Å². The SMILES string of the molecule is c1ccc(-c2cc(-c3nnc4sc(Cc5ccc6c(c5)CCCC6)nn34)[nH]n2)cc1. The number of hydrogen-bond acceptors (Lipinski definition) is 5. The number of nitrogens with one attached hydrogen (secondary N) is 1. The first-order chi connectivity index (χ1) is 14.8. The second-order valence-corrected chi connectivity index (χ2v) is 8.77. The molecule has 3 heterocycles. The Balaban J connectivity index is 1.30. The highest BCUT2D eigenvalue weighted by Gasteiger charge is 2.17. The van der Waals surface area contributed by atoms with Gasteiger partial charge in [0, 0.05) is 12.0 Å². The topological polar surface area (TPSA) is 71.8 Å². The Kier molecular flexibility index (Phi) is 4.19. The van der Waals surface area contributed by atoms with Crippen molar-refractivity contribution in [2.24, 2.45) is 0 Å². The molecule has 0 saturated carbocycles. The Hall–Kier alpha value is -3.32. The van der Waals surface area contributed by atoms with Gasteiger partial charge in [0.25, 0.3) is 0 Å². The monoisotopic (exact) mass is 412 g/mol.